The Labute approximate surface area is 449 Å². The van der Waals surface area contributed by atoms with E-state index in [1.807, 2.05) is 23.1 Å². The molecule has 0 fully saturated rings. The van der Waals surface area contributed by atoms with Crippen LogP contribution in [0.3, 0.4) is 0 Å². The molecule has 10 aromatic rings. The van der Waals surface area contributed by atoms with Crippen molar-refractivity contribution < 1.29 is 0 Å². The molecule has 1 spiro atoms. The highest BCUT2D eigenvalue weighted by atomic mass is 32.2. The van der Waals surface area contributed by atoms with E-state index in [9.17, 15) is 0 Å². The summed E-state index contributed by atoms with van der Waals surface area (Å²) in [5.74, 6) is 7.12. The molecule has 0 saturated carbocycles. The van der Waals surface area contributed by atoms with Crippen LogP contribution in [0.25, 0.3) is 66.2 Å². The van der Waals surface area contributed by atoms with E-state index in [0.29, 0.717) is 6.42 Å². The van der Waals surface area contributed by atoms with E-state index >= 15 is 0 Å². The molecule has 0 N–H and O–H groups in total. The second-order valence-corrected chi connectivity index (χ2v) is 23.6. The van der Waals surface area contributed by atoms with Crippen LogP contribution in [0.1, 0.15) is 83.4 Å². The molecule has 1 aromatic heterocycles. The molecule has 1 nitrogen and oxygen atoms in total. The molecule has 3 heteroatoms. The van der Waals surface area contributed by atoms with Crippen molar-refractivity contribution in [3.8, 4) is 56.3 Å². The van der Waals surface area contributed by atoms with Crippen LogP contribution < -0.4 is 4.90 Å². The predicted molar refractivity (Wildman–Crippen MR) is 318 cm³/mol. The molecule has 0 radical (unpaired) electrons. The first-order valence-corrected chi connectivity index (χ1v) is 28.3. The molecule has 358 valence electrons. The van der Waals surface area contributed by atoms with Gasteiger partial charge in [0.25, 0.3) is 0 Å². The maximum atomic E-state index is 3.64. The van der Waals surface area contributed by atoms with Gasteiger partial charge in [0.05, 0.1) is 16.6 Å². The van der Waals surface area contributed by atoms with Crippen molar-refractivity contribution in [3.05, 3.63) is 267 Å². The van der Waals surface area contributed by atoms with Crippen LogP contribution in [0, 0.1) is 11.8 Å². The van der Waals surface area contributed by atoms with Crippen LogP contribution >= 0.6 is 23.1 Å². The lowest BCUT2D eigenvalue weighted by atomic mass is 9.54. The van der Waals surface area contributed by atoms with Crippen molar-refractivity contribution in [1.82, 2.24) is 0 Å². The SMILES string of the molecule is CC1(C)c2ccccc2-c2c(C3=C4Sc5ccccc5C5(c6ccccc6-c6ccccc65)C4(N(c4cccc(-c5cccc(-c6ccccc6)c5)c4)c4cccc5sc6c(c45)CC#CC/C=C\6)CCC3)cccc21. The molecular formula is C72H53NS2. The van der Waals surface area contributed by atoms with Crippen LogP contribution in [0.2, 0.25) is 0 Å². The van der Waals surface area contributed by atoms with Gasteiger partial charge in [-0.3, -0.25) is 0 Å². The summed E-state index contributed by atoms with van der Waals surface area (Å²) in [6.07, 6.45) is 8.98. The van der Waals surface area contributed by atoms with Gasteiger partial charge in [0.2, 0.25) is 0 Å². The largest absolute Gasteiger partial charge is 0.328 e. The van der Waals surface area contributed by atoms with Crippen LogP contribution in [-0.2, 0) is 17.3 Å². The number of anilines is 2. The highest BCUT2D eigenvalue weighted by molar-refractivity contribution is 8.03. The number of fused-ring (bicyclic) bond motifs is 15. The molecule has 5 aliphatic rings. The fourth-order valence-electron chi connectivity index (χ4n) is 14.4. The summed E-state index contributed by atoms with van der Waals surface area (Å²) in [4.78, 5) is 7.00. The average molecular weight is 996 g/mol. The number of thioether (sulfide) groups is 1. The second kappa shape index (κ2) is 17.1. The van der Waals surface area contributed by atoms with Crippen LogP contribution in [-0.4, -0.2) is 5.54 Å². The minimum atomic E-state index is -0.699. The maximum Gasteiger partial charge on any atom is 0.0945 e. The summed E-state index contributed by atoms with van der Waals surface area (Å²) in [5, 5.41) is 1.31. The van der Waals surface area contributed by atoms with Gasteiger partial charge in [-0.05, 0) is 151 Å². The van der Waals surface area contributed by atoms with Crippen molar-refractivity contribution in [3.63, 3.8) is 0 Å². The van der Waals surface area contributed by atoms with Crippen molar-refractivity contribution in [2.45, 2.75) is 67.2 Å². The van der Waals surface area contributed by atoms with Gasteiger partial charge in [-0.2, -0.15) is 0 Å². The quantitative estimate of drug-likeness (QED) is 0.153. The molecule has 2 heterocycles. The van der Waals surface area contributed by atoms with Gasteiger partial charge in [0.15, 0.2) is 0 Å². The molecule has 9 aromatic carbocycles. The van der Waals surface area contributed by atoms with Gasteiger partial charge in [0.1, 0.15) is 0 Å². The topological polar surface area (TPSA) is 3.24 Å². The Morgan fingerprint density at radius 3 is 1.93 bits per heavy atom. The van der Waals surface area contributed by atoms with Crippen LogP contribution in [0.5, 0.6) is 0 Å². The van der Waals surface area contributed by atoms with Crippen LogP contribution in [0.15, 0.2) is 228 Å². The first-order valence-electron chi connectivity index (χ1n) is 26.6. The summed E-state index contributed by atoms with van der Waals surface area (Å²) in [5.41, 5.74) is 22.3. The Hall–Kier alpha value is -7.87. The minimum Gasteiger partial charge on any atom is -0.328 e. The summed E-state index contributed by atoms with van der Waals surface area (Å²) in [7, 11) is 0. The summed E-state index contributed by atoms with van der Waals surface area (Å²) in [6, 6.07) is 81.5. The van der Waals surface area contributed by atoms with Crippen molar-refractivity contribution in [1.29, 1.82) is 0 Å². The van der Waals surface area contributed by atoms with E-state index < -0.39 is 11.0 Å². The lowest BCUT2D eigenvalue weighted by molar-refractivity contribution is 0.320. The molecule has 0 bridgehead atoms. The zero-order valence-electron chi connectivity index (χ0n) is 42.2. The Bertz CT molecular complexity index is 4090. The number of nitrogens with zero attached hydrogens (tertiary/aromatic N) is 1. The lowest BCUT2D eigenvalue weighted by Crippen LogP contribution is -2.64. The fraction of sp³-hybridized carbons (Fsp3) is 0.139. The first kappa shape index (κ1) is 44.6. The maximum absolute atomic E-state index is 3.64. The molecule has 0 saturated heterocycles. The zero-order chi connectivity index (χ0) is 49.9. The smallest absolute Gasteiger partial charge is 0.0945 e. The highest BCUT2D eigenvalue weighted by Crippen LogP contribution is 2.72. The molecular weight excluding hydrogens is 943 g/mol. The predicted octanol–water partition coefficient (Wildman–Crippen LogP) is 19.1. The third kappa shape index (κ3) is 6.34. The molecule has 4 aliphatic carbocycles. The van der Waals surface area contributed by atoms with Gasteiger partial charge in [-0.25, -0.2) is 0 Å². The van der Waals surface area contributed by atoms with Gasteiger partial charge in [-0.1, -0.05) is 219 Å². The number of benzene rings is 9. The van der Waals surface area contributed by atoms with Gasteiger partial charge in [0, 0.05) is 48.7 Å². The van der Waals surface area contributed by atoms with Gasteiger partial charge < -0.3 is 4.90 Å². The standard InChI is InChI=1S/C72H53NS2/c1-70(2)58-35-13-12-31-56(58)67-54(33-20-39-62(67)70)55-34-22-44-71(69(55)75-65-42-17-16-38-61(65)72(71)59-36-14-10-29-52(59)53-30-11-15-37-60(53)72)73(63-40-21-43-66-68(63)57-32-8-3-4-9-41-64(57)74-66)51-28-19-27-50(46-51)49-26-18-25-48(45-49)47-23-6-5-7-24-47/h5-7,9-21,23-31,33,35-43,45-46H,4,22,32,34,44H2,1-2H3/b41-9-. The van der Waals surface area contributed by atoms with Crippen molar-refractivity contribution >= 4 is 56.2 Å². The molecule has 15 rings (SSSR count). The van der Waals surface area contributed by atoms with Crippen molar-refractivity contribution in [2.24, 2.45) is 0 Å². The Kier molecular flexibility index (Phi) is 10.2. The number of hydrogen-bond donors (Lipinski definition) is 0. The normalized spacial score (nSPS) is 18.3. The molecule has 1 unspecified atom stereocenters. The second-order valence-electron chi connectivity index (χ2n) is 21.4. The zero-order valence-corrected chi connectivity index (χ0v) is 43.8. The van der Waals surface area contributed by atoms with E-state index in [1.54, 1.807) is 0 Å². The first-order chi connectivity index (χ1) is 37.0. The fourth-order valence-corrected chi connectivity index (χ4v) is 17.1. The highest BCUT2D eigenvalue weighted by Gasteiger charge is 2.67. The number of rotatable bonds is 6. The summed E-state index contributed by atoms with van der Waals surface area (Å²) >= 11 is 3.96. The number of allylic oxidation sites excluding steroid dienone is 2. The minimum absolute atomic E-state index is 0.136. The van der Waals surface area contributed by atoms with Gasteiger partial charge >= 0.3 is 0 Å². The Morgan fingerprint density at radius 1 is 0.520 bits per heavy atom. The average Bonchev–Trinajstić information content (AvgIpc) is 4.12. The molecule has 1 aliphatic heterocycles. The summed E-state index contributed by atoms with van der Waals surface area (Å²) in [6.45, 7) is 4.85. The van der Waals surface area contributed by atoms with Crippen molar-refractivity contribution in [2.75, 3.05) is 4.90 Å². The monoisotopic (exact) mass is 995 g/mol. The summed E-state index contributed by atoms with van der Waals surface area (Å²) < 4.78 is 1.30. The Balaban J connectivity index is 1.12. The van der Waals surface area contributed by atoms with E-state index in [2.05, 4.69) is 255 Å². The van der Waals surface area contributed by atoms with E-state index in [4.69, 9.17) is 0 Å². The Morgan fingerprint density at radius 2 is 1.13 bits per heavy atom. The lowest BCUT2D eigenvalue weighted by Gasteiger charge is -2.62. The number of thiophene rings is 1. The van der Waals surface area contributed by atoms with Gasteiger partial charge in [-0.15, -0.1) is 11.3 Å². The van der Waals surface area contributed by atoms with E-state index in [0.717, 1.165) is 25.7 Å². The molecule has 75 heavy (non-hydrogen) atoms. The molecule has 0 amide bonds. The third-order valence-corrected chi connectivity index (χ3v) is 19.9. The molecule has 1 atom stereocenters. The van der Waals surface area contributed by atoms with E-state index in [1.165, 1.54) is 125 Å². The van der Waals surface area contributed by atoms with Crippen LogP contribution in [0.4, 0.5) is 11.4 Å². The number of hydrogen-bond acceptors (Lipinski definition) is 3. The van der Waals surface area contributed by atoms with E-state index in [-0.39, 0.29) is 5.41 Å². The third-order valence-electron chi connectivity index (χ3n) is 17.4.